The van der Waals surface area contributed by atoms with Crippen LogP contribution in [0.5, 0.6) is 5.75 Å². The van der Waals surface area contributed by atoms with Crippen LogP contribution in [0.15, 0.2) is 97.6 Å². The quantitative estimate of drug-likeness (QED) is 0.377. The summed E-state index contributed by atoms with van der Waals surface area (Å²) in [5.41, 5.74) is 3.38. The highest BCUT2D eigenvalue weighted by Crippen LogP contribution is 2.15. The number of hydrogen-bond donors (Lipinski definition) is 2. The lowest BCUT2D eigenvalue weighted by atomic mass is 10.2. The molecule has 0 atom stereocenters. The molecule has 1 heterocycles. The number of nitrogens with zero attached hydrogens (tertiary/aromatic N) is 3. The van der Waals surface area contributed by atoms with Gasteiger partial charge in [0.05, 0.1) is 12.2 Å². The van der Waals surface area contributed by atoms with Gasteiger partial charge in [0.1, 0.15) is 25.0 Å². The number of nitrogens with one attached hydrogen (secondary N) is 2. The van der Waals surface area contributed by atoms with Crippen LogP contribution < -0.4 is 15.4 Å². The minimum Gasteiger partial charge on any atom is -0.489 e. The summed E-state index contributed by atoms with van der Waals surface area (Å²) in [6, 6.07) is 24.5. The van der Waals surface area contributed by atoms with Crippen LogP contribution in [-0.2, 0) is 16.2 Å². The number of amides is 2. The maximum atomic E-state index is 12.1. The highest BCUT2D eigenvalue weighted by molar-refractivity contribution is 5.98. The number of aromatic nitrogens is 3. The van der Waals surface area contributed by atoms with Gasteiger partial charge in [-0.15, -0.1) is 0 Å². The van der Waals surface area contributed by atoms with E-state index >= 15 is 0 Å². The Morgan fingerprint density at radius 3 is 2.41 bits per heavy atom. The van der Waals surface area contributed by atoms with Crippen LogP contribution in [0, 0.1) is 0 Å². The molecule has 0 saturated heterocycles. The van der Waals surface area contributed by atoms with E-state index < -0.39 is 0 Å². The fourth-order valence-corrected chi connectivity index (χ4v) is 3.06. The normalized spacial score (nSPS) is 10.7. The van der Waals surface area contributed by atoms with Crippen LogP contribution in [0.3, 0.4) is 0 Å². The predicted octanol–water partition coefficient (Wildman–Crippen LogP) is 3.61. The molecule has 2 amide bonds. The number of carbonyl (C=O) groups is 2. The van der Waals surface area contributed by atoms with Gasteiger partial charge in [-0.05, 0) is 53.6 Å². The van der Waals surface area contributed by atoms with Crippen molar-refractivity contribution in [3.05, 3.63) is 109 Å². The largest absolute Gasteiger partial charge is 0.489 e. The van der Waals surface area contributed by atoms with Crippen molar-refractivity contribution in [3.63, 3.8) is 0 Å². The number of carbonyl (C=O) groups excluding carboxylic acids is 2. The fourth-order valence-electron chi connectivity index (χ4n) is 3.06. The van der Waals surface area contributed by atoms with Crippen molar-refractivity contribution in [1.29, 1.82) is 0 Å². The van der Waals surface area contributed by atoms with E-state index in [9.17, 15) is 9.59 Å². The molecule has 8 heteroatoms. The molecule has 34 heavy (non-hydrogen) atoms. The predicted molar refractivity (Wildman–Crippen MR) is 129 cm³/mol. The molecule has 0 radical (unpaired) electrons. The SMILES string of the molecule is O=C(C=Cc1ccc(OCc2ccccc2)cc1)NCC(=O)Nc1ccc(-n2cncn2)cc1. The van der Waals surface area contributed by atoms with Crippen LogP contribution in [0.2, 0.25) is 0 Å². The molecule has 0 aliphatic heterocycles. The summed E-state index contributed by atoms with van der Waals surface area (Å²) in [4.78, 5) is 28.1. The molecule has 4 rings (SSSR count). The van der Waals surface area contributed by atoms with E-state index in [1.807, 2.05) is 66.7 Å². The molecule has 0 unspecified atom stereocenters. The topological polar surface area (TPSA) is 98.1 Å². The van der Waals surface area contributed by atoms with Crippen molar-refractivity contribution >= 4 is 23.6 Å². The lowest BCUT2D eigenvalue weighted by Crippen LogP contribution is -2.31. The van der Waals surface area contributed by atoms with E-state index in [0.29, 0.717) is 12.3 Å². The molecule has 0 saturated carbocycles. The fraction of sp³-hybridized carbons (Fsp3) is 0.0769. The molecule has 0 fully saturated rings. The zero-order valence-corrected chi connectivity index (χ0v) is 18.3. The third-order valence-corrected chi connectivity index (χ3v) is 4.81. The van der Waals surface area contributed by atoms with Gasteiger partial charge in [0.15, 0.2) is 0 Å². The molecule has 1 aromatic heterocycles. The average molecular weight is 454 g/mol. The maximum absolute atomic E-state index is 12.1. The second-order valence-corrected chi connectivity index (χ2v) is 7.33. The third-order valence-electron chi connectivity index (χ3n) is 4.81. The molecular weight excluding hydrogens is 430 g/mol. The number of rotatable bonds is 9. The Bertz CT molecular complexity index is 1240. The van der Waals surface area contributed by atoms with Gasteiger partial charge >= 0.3 is 0 Å². The minimum absolute atomic E-state index is 0.139. The lowest BCUT2D eigenvalue weighted by Gasteiger charge is -2.07. The van der Waals surface area contributed by atoms with Gasteiger partial charge in [-0.2, -0.15) is 5.10 Å². The van der Waals surface area contributed by atoms with Crippen molar-refractivity contribution < 1.29 is 14.3 Å². The summed E-state index contributed by atoms with van der Waals surface area (Å²) in [5, 5.41) is 9.36. The van der Waals surface area contributed by atoms with E-state index in [1.165, 1.54) is 12.4 Å². The van der Waals surface area contributed by atoms with Crippen molar-refractivity contribution in [2.75, 3.05) is 11.9 Å². The van der Waals surface area contributed by atoms with Gasteiger partial charge in [0, 0.05) is 11.8 Å². The first kappa shape index (κ1) is 22.5. The van der Waals surface area contributed by atoms with Crippen LogP contribution in [-0.4, -0.2) is 33.1 Å². The summed E-state index contributed by atoms with van der Waals surface area (Å²) in [6.07, 6.45) is 6.10. The lowest BCUT2D eigenvalue weighted by molar-refractivity contribution is -0.121. The Morgan fingerprint density at radius 1 is 0.941 bits per heavy atom. The van der Waals surface area contributed by atoms with Crippen molar-refractivity contribution in [1.82, 2.24) is 20.1 Å². The van der Waals surface area contributed by atoms with Crippen LogP contribution in [0.1, 0.15) is 11.1 Å². The summed E-state index contributed by atoms with van der Waals surface area (Å²) >= 11 is 0. The third kappa shape index (κ3) is 6.64. The Morgan fingerprint density at radius 2 is 1.71 bits per heavy atom. The molecular formula is C26H23N5O3. The number of anilines is 1. The number of ether oxygens (including phenoxy) is 1. The molecule has 0 aliphatic carbocycles. The molecule has 2 N–H and O–H groups in total. The number of hydrogen-bond acceptors (Lipinski definition) is 5. The Hall–Kier alpha value is -4.72. The first-order chi connectivity index (χ1) is 16.7. The molecule has 3 aromatic carbocycles. The van der Waals surface area contributed by atoms with Crippen molar-refractivity contribution in [2.45, 2.75) is 6.61 Å². The van der Waals surface area contributed by atoms with E-state index in [1.54, 1.807) is 29.2 Å². The smallest absolute Gasteiger partial charge is 0.244 e. The highest BCUT2D eigenvalue weighted by atomic mass is 16.5. The molecule has 170 valence electrons. The standard InChI is InChI=1S/C26H23N5O3/c32-25(15-8-20-6-13-24(14-7-20)34-17-21-4-2-1-3-5-21)28-16-26(33)30-22-9-11-23(12-10-22)31-19-27-18-29-31/h1-15,18-19H,16-17H2,(H,28,32)(H,30,33). The highest BCUT2D eigenvalue weighted by Gasteiger charge is 2.05. The Kier molecular flexibility index (Phi) is 7.43. The van der Waals surface area contributed by atoms with Gasteiger partial charge in [0.2, 0.25) is 11.8 Å². The Balaban J connectivity index is 1.19. The van der Waals surface area contributed by atoms with E-state index in [0.717, 1.165) is 22.6 Å². The van der Waals surface area contributed by atoms with Crippen LogP contribution in [0.25, 0.3) is 11.8 Å². The second-order valence-electron chi connectivity index (χ2n) is 7.33. The van der Waals surface area contributed by atoms with Gasteiger partial charge in [-0.3, -0.25) is 9.59 Å². The minimum atomic E-state index is -0.360. The maximum Gasteiger partial charge on any atom is 0.244 e. The van der Waals surface area contributed by atoms with E-state index in [4.69, 9.17) is 4.74 Å². The summed E-state index contributed by atoms with van der Waals surface area (Å²) in [7, 11) is 0. The van der Waals surface area contributed by atoms with E-state index in [2.05, 4.69) is 20.7 Å². The summed E-state index contributed by atoms with van der Waals surface area (Å²) < 4.78 is 7.37. The van der Waals surface area contributed by atoms with Crippen LogP contribution in [0.4, 0.5) is 5.69 Å². The van der Waals surface area contributed by atoms with Crippen LogP contribution >= 0.6 is 0 Å². The summed E-state index contributed by atoms with van der Waals surface area (Å²) in [6.45, 7) is 0.354. The van der Waals surface area contributed by atoms with Gasteiger partial charge in [-0.25, -0.2) is 9.67 Å². The zero-order chi connectivity index (χ0) is 23.6. The van der Waals surface area contributed by atoms with Gasteiger partial charge in [-0.1, -0.05) is 42.5 Å². The Labute approximate surface area is 196 Å². The molecule has 0 aliphatic rings. The molecule has 4 aromatic rings. The summed E-state index contributed by atoms with van der Waals surface area (Å²) in [5.74, 6) is 0.0627. The zero-order valence-electron chi connectivity index (χ0n) is 18.3. The van der Waals surface area contributed by atoms with Gasteiger partial charge in [0.25, 0.3) is 0 Å². The molecule has 0 spiro atoms. The van der Waals surface area contributed by atoms with Gasteiger partial charge < -0.3 is 15.4 Å². The van der Waals surface area contributed by atoms with E-state index in [-0.39, 0.29) is 18.4 Å². The van der Waals surface area contributed by atoms with Crippen molar-refractivity contribution in [3.8, 4) is 11.4 Å². The second kappa shape index (κ2) is 11.2. The first-order valence-corrected chi connectivity index (χ1v) is 10.6. The molecule has 8 nitrogen and oxygen atoms in total. The molecule has 0 bridgehead atoms. The average Bonchev–Trinajstić information content (AvgIpc) is 3.42. The van der Waals surface area contributed by atoms with Crippen molar-refractivity contribution in [2.24, 2.45) is 0 Å². The monoisotopic (exact) mass is 453 g/mol. The number of benzene rings is 3. The first-order valence-electron chi connectivity index (χ1n) is 10.6.